The van der Waals surface area contributed by atoms with E-state index in [1.807, 2.05) is 12.1 Å². The summed E-state index contributed by atoms with van der Waals surface area (Å²) in [5.41, 5.74) is 1.94. The van der Waals surface area contributed by atoms with E-state index in [-0.39, 0.29) is 17.9 Å². The summed E-state index contributed by atoms with van der Waals surface area (Å²) in [4.78, 5) is 2.45. The highest BCUT2D eigenvalue weighted by atomic mass is 35.5. The molecule has 3 atom stereocenters. The molecule has 6 heteroatoms. The van der Waals surface area contributed by atoms with Crippen LogP contribution in [0.15, 0.2) is 48.5 Å². The molecule has 1 N–H and O–H groups in total. The molecule has 0 saturated carbocycles. The van der Waals surface area contributed by atoms with Crippen LogP contribution in [-0.4, -0.2) is 45.7 Å². The summed E-state index contributed by atoms with van der Waals surface area (Å²) in [6, 6.07) is 16.7. The van der Waals surface area contributed by atoms with Crippen molar-refractivity contribution in [2.24, 2.45) is 0 Å². The maximum absolute atomic E-state index is 6.58. The van der Waals surface area contributed by atoms with Crippen LogP contribution < -0.4 is 15.0 Å². The predicted octanol–water partition coefficient (Wildman–Crippen LogP) is 4.98. The van der Waals surface area contributed by atoms with Crippen LogP contribution in [0.25, 0.3) is 0 Å². The quantitative estimate of drug-likeness (QED) is 0.652. The van der Waals surface area contributed by atoms with Crippen LogP contribution in [0.4, 0.5) is 5.69 Å². The molecule has 31 heavy (non-hydrogen) atoms. The Kier molecular flexibility index (Phi) is 7.39. The van der Waals surface area contributed by atoms with Crippen molar-refractivity contribution < 1.29 is 14.2 Å². The molecule has 2 aliphatic rings. The lowest BCUT2D eigenvalue weighted by Gasteiger charge is -2.53. The van der Waals surface area contributed by atoms with E-state index in [4.69, 9.17) is 25.8 Å². The number of ether oxygens (including phenoxy) is 3. The van der Waals surface area contributed by atoms with Crippen molar-refractivity contribution in [3.8, 4) is 5.75 Å². The van der Waals surface area contributed by atoms with E-state index in [9.17, 15) is 0 Å². The van der Waals surface area contributed by atoms with Gasteiger partial charge in [-0.2, -0.15) is 0 Å². The first-order valence-corrected chi connectivity index (χ1v) is 11.7. The standard InChI is InChI=1S/C25H33ClN2O3/c1-3-25(19-9-5-4-6-10-19)24(31-18-21-11-7-8-16-30-21)27-14-15-28(25)20-12-13-22(26)23(17-20)29-2/h4-6,9-10,12-13,17,21,24,27H,3,7-8,11,14-16,18H2,1-2H3. The summed E-state index contributed by atoms with van der Waals surface area (Å²) in [6.45, 7) is 5.35. The van der Waals surface area contributed by atoms with Gasteiger partial charge in [0.25, 0.3) is 0 Å². The molecule has 0 radical (unpaired) electrons. The van der Waals surface area contributed by atoms with E-state index < -0.39 is 0 Å². The Labute approximate surface area is 190 Å². The minimum atomic E-state index is -0.368. The minimum Gasteiger partial charge on any atom is -0.495 e. The normalized spacial score (nSPS) is 26.6. The SMILES string of the molecule is CCC1(c2ccccc2)C(OCC2CCCCO2)NCCN1c1ccc(Cl)c(OC)c1. The number of anilines is 1. The van der Waals surface area contributed by atoms with Crippen molar-refractivity contribution >= 4 is 17.3 Å². The fourth-order valence-corrected chi connectivity index (χ4v) is 5.14. The zero-order valence-electron chi connectivity index (χ0n) is 18.5. The zero-order chi connectivity index (χ0) is 21.7. The van der Waals surface area contributed by atoms with Gasteiger partial charge >= 0.3 is 0 Å². The topological polar surface area (TPSA) is 43.0 Å². The summed E-state index contributed by atoms with van der Waals surface area (Å²) in [5, 5.41) is 4.28. The fourth-order valence-electron chi connectivity index (χ4n) is 4.95. The lowest BCUT2D eigenvalue weighted by atomic mass is 9.81. The molecular weight excluding hydrogens is 412 g/mol. The number of nitrogens with zero attached hydrogens (tertiary/aromatic N) is 1. The summed E-state index contributed by atoms with van der Waals surface area (Å²) in [5.74, 6) is 0.684. The molecule has 0 amide bonds. The van der Waals surface area contributed by atoms with Gasteiger partial charge in [-0.1, -0.05) is 48.9 Å². The molecule has 0 bridgehead atoms. The third kappa shape index (κ3) is 4.56. The summed E-state index contributed by atoms with van der Waals surface area (Å²) in [6.07, 6.45) is 4.31. The van der Waals surface area contributed by atoms with Gasteiger partial charge in [-0.15, -0.1) is 0 Å². The lowest BCUT2D eigenvalue weighted by Crippen LogP contribution is -2.66. The second-order valence-corrected chi connectivity index (χ2v) is 8.68. The fraction of sp³-hybridized carbons (Fsp3) is 0.520. The number of methoxy groups -OCH3 is 1. The second-order valence-electron chi connectivity index (χ2n) is 8.27. The van der Waals surface area contributed by atoms with E-state index in [2.05, 4.69) is 53.5 Å². The van der Waals surface area contributed by atoms with Crippen molar-refractivity contribution in [2.75, 3.05) is 38.3 Å². The van der Waals surface area contributed by atoms with Crippen LogP contribution in [0.3, 0.4) is 0 Å². The Hall–Kier alpha value is -1.79. The summed E-state index contributed by atoms with van der Waals surface area (Å²) < 4.78 is 18.0. The van der Waals surface area contributed by atoms with Crippen molar-refractivity contribution in [2.45, 2.75) is 50.5 Å². The van der Waals surface area contributed by atoms with Gasteiger partial charge in [-0.25, -0.2) is 0 Å². The highest BCUT2D eigenvalue weighted by Crippen LogP contribution is 2.43. The minimum absolute atomic E-state index is 0.166. The first-order chi connectivity index (χ1) is 15.2. The highest BCUT2D eigenvalue weighted by Gasteiger charge is 2.48. The summed E-state index contributed by atoms with van der Waals surface area (Å²) in [7, 11) is 1.66. The maximum atomic E-state index is 6.58. The van der Waals surface area contributed by atoms with Crippen molar-refractivity contribution in [3.63, 3.8) is 0 Å². The van der Waals surface area contributed by atoms with Crippen molar-refractivity contribution in [1.82, 2.24) is 5.32 Å². The van der Waals surface area contributed by atoms with Crippen molar-refractivity contribution in [1.29, 1.82) is 0 Å². The Morgan fingerprint density at radius 3 is 2.74 bits per heavy atom. The third-order valence-corrected chi connectivity index (χ3v) is 6.87. The van der Waals surface area contributed by atoms with Crippen LogP contribution in [0, 0.1) is 0 Å². The smallest absolute Gasteiger partial charge is 0.139 e. The molecule has 2 aromatic carbocycles. The van der Waals surface area contributed by atoms with E-state index >= 15 is 0 Å². The molecule has 0 aliphatic carbocycles. The van der Waals surface area contributed by atoms with Gasteiger partial charge in [0.15, 0.2) is 0 Å². The molecular formula is C25H33ClN2O3. The van der Waals surface area contributed by atoms with Crippen LogP contribution in [0.1, 0.15) is 38.2 Å². The lowest BCUT2D eigenvalue weighted by molar-refractivity contribution is -0.0997. The molecule has 2 heterocycles. The van der Waals surface area contributed by atoms with Crippen LogP contribution in [0.5, 0.6) is 5.75 Å². The molecule has 168 valence electrons. The first kappa shape index (κ1) is 22.4. The number of piperazine rings is 1. The maximum Gasteiger partial charge on any atom is 0.139 e. The van der Waals surface area contributed by atoms with Gasteiger partial charge in [-0.3, -0.25) is 5.32 Å². The van der Waals surface area contributed by atoms with E-state index in [1.54, 1.807) is 7.11 Å². The molecule has 2 saturated heterocycles. The van der Waals surface area contributed by atoms with Gasteiger partial charge in [-0.05, 0) is 43.4 Å². The third-order valence-electron chi connectivity index (χ3n) is 6.56. The van der Waals surface area contributed by atoms with E-state index in [0.717, 1.165) is 44.6 Å². The monoisotopic (exact) mass is 444 g/mol. The first-order valence-electron chi connectivity index (χ1n) is 11.3. The zero-order valence-corrected chi connectivity index (χ0v) is 19.2. The average Bonchev–Trinajstić information content (AvgIpc) is 2.84. The molecule has 2 fully saturated rings. The Morgan fingerprint density at radius 1 is 1.19 bits per heavy atom. The van der Waals surface area contributed by atoms with Gasteiger partial charge < -0.3 is 19.1 Å². The van der Waals surface area contributed by atoms with Gasteiger partial charge in [0.1, 0.15) is 17.5 Å². The largest absolute Gasteiger partial charge is 0.495 e. The van der Waals surface area contributed by atoms with Crippen LogP contribution in [0.2, 0.25) is 5.02 Å². The number of rotatable bonds is 7. The number of halogens is 1. The Balaban J connectivity index is 1.70. The molecule has 0 spiro atoms. The van der Waals surface area contributed by atoms with Crippen LogP contribution >= 0.6 is 11.6 Å². The van der Waals surface area contributed by atoms with Gasteiger partial charge in [0.2, 0.25) is 0 Å². The number of hydrogen-bond donors (Lipinski definition) is 1. The molecule has 2 aliphatic heterocycles. The van der Waals surface area contributed by atoms with Crippen molar-refractivity contribution in [3.05, 3.63) is 59.1 Å². The van der Waals surface area contributed by atoms with E-state index in [0.29, 0.717) is 17.4 Å². The second kappa shape index (κ2) is 10.2. The predicted molar refractivity (Wildman–Crippen MR) is 125 cm³/mol. The Bertz CT molecular complexity index is 844. The number of hydrogen-bond acceptors (Lipinski definition) is 5. The summed E-state index contributed by atoms with van der Waals surface area (Å²) >= 11 is 6.33. The molecule has 5 nitrogen and oxygen atoms in total. The van der Waals surface area contributed by atoms with Crippen LogP contribution in [-0.2, 0) is 15.0 Å². The molecule has 0 aromatic heterocycles. The Morgan fingerprint density at radius 2 is 2.03 bits per heavy atom. The number of benzene rings is 2. The number of nitrogens with one attached hydrogen (secondary N) is 1. The average molecular weight is 445 g/mol. The van der Waals surface area contributed by atoms with E-state index in [1.165, 1.54) is 12.0 Å². The molecule has 4 rings (SSSR count). The molecule has 2 aromatic rings. The van der Waals surface area contributed by atoms with Gasteiger partial charge in [0, 0.05) is 31.5 Å². The molecule has 3 unspecified atom stereocenters. The highest BCUT2D eigenvalue weighted by molar-refractivity contribution is 6.32. The van der Waals surface area contributed by atoms with Gasteiger partial charge in [0.05, 0.1) is 24.8 Å².